The van der Waals surface area contributed by atoms with Crippen molar-refractivity contribution in [3.8, 4) is 0 Å². The molecule has 0 aliphatic rings. The third-order valence-electron chi connectivity index (χ3n) is 2.61. The first-order chi connectivity index (χ1) is 8.13. The van der Waals surface area contributed by atoms with Gasteiger partial charge < -0.3 is 5.32 Å². The molecule has 1 aromatic carbocycles. The Morgan fingerprint density at radius 3 is 2.76 bits per heavy atom. The molecule has 1 heterocycles. The summed E-state index contributed by atoms with van der Waals surface area (Å²) in [6, 6.07) is 5.91. The summed E-state index contributed by atoms with van der Waals surface area (Å²) in [4.78, 5) is 0. The topological polar surface area (TPSA) is 42.7 Å². The van der Waals surface area contributed by atoms with Crippen molar-refractivity contribution in [1.29, 1.82) is 0 Å². The largest absolute Gasteiger partial charge is 0.308 e. The van der Waals surface area contributed by atoms with Crippen LogP contribution in [0.5, 0.6) is 0 Å². The van der Waals surface area contributed by atoms with E-state index in [4.69, 9.17) is 11.6 Å². The number of halogens is 2. The smallest absolute Gasteiger partial charge is 0.0798 e. The van der Waals surface area contributed by atoms with Gasteiger partial charge in [0.05, 0.1) is 23.0 Å². The van der Waals surface area contributed by atoms with E-state index in [2.05, 4.69) is 31.6 Å². The van der Waals surface area contributed by atoms with Crippen LogP contribution in [0.15, 0.2) is 28.9 Å². The van der Waals surface area contributed by atoms with E-state index in [0.717, 1.165) is 15.7 Å². The summed E-state index contributed by atoms with van der Waals surface area (Å²) in [7, 11) is 3.76. The second-order valence-corrected chi connectivity index (χ2v) is 4.94. The number of aryl methyl sites for hydroxylation is 1. The number of benzene rings is 1. The maximum Gasteiger partial charge on any atom is 0.0798 e. The van der Waals surface area contributed by atoms with Crippen LogP contribution >= 0.6 is 27.5 Å². The lowest BCUT2D eigenvalue weighted by atomic mass is 10.0. The maximum atomic E-state index is 6.10. The summed E-state index contributed by atoms with van der Waals surface area (Å²) in [6.45, 7) is 0. The van der Waals surface area contributed by atoms with Gasteiger partial charge in [-0.05, 0) is 40.7 Å². The maximum absolute atomic E-state index is 6.10. The molecule has 0 aliphatic carbocycles. The summed E-state index contributed by atoms with van der Waals surface area (Å²) in [6.07, 6.45) is 1.75. The summed E-state index contributed by atoms with van der Waals surface area (Å²) in [5.41, 5.74) is 2.07. The quantitative estimate of drug-likeness (QED) is 0.946. The van der Waals surface area contributed by atoms with Crippen molar-refractivity contribution in [3.05, 3.63) is 45.1 Å². The molecule has 6 heteroatoms. The fraction of sp³-hybridized carbons (Fsp3) is 0.273. The van der Waals surface area contributed by atoms with E-state index in [-0.39, 0.29) is 6.04 Å². The monoisotopic (exact) mass is 314 g/mol. The van der Waals surface area contributed by atoms with Gasteiger partial charge in [-0.2, -0.15) is 0 Å². The minimum atomic E-state index is 0.0283. The molecule has 2 rings (SSSR count). The molecular formula is C11H12BrClN4. The Kier molecular flexibility index (Phi) is 3.81. The van der Waals surface area contributed by atoms with Crippen LogP contribution in [0.25, 0.3) is 0 Å². The number of aromatic nitrogens is 3. The van der Waals surface area contributed by atoms with E-state index in [1.165, 1.54) is 0 Å². The minimum Gasteiger partial charge on any atom is -0.308 e. The van der Waals surface area contributed by atoms with Crippen molar-refractivity contribution in [2.24, 2.45) is 7.05 Å². The summed E-state index contributed by atoms with van der Waals surface area (Å²) in [5, 5.41) is 11.7. The standard InChI is InChI=1S/C11H12BrClN4/c1-14-11(10-6-15-16-17(10)2)7-3-4-8(12)9(13)5-7/h3-6,11,14H,1-2H3. The first-order valence-electron chi connectivity index (χ1n) is 5.10. The van der Waals surface area contributed by atoms with Crippen LogP contribution in [0.2, 0.25) is 5.02 Å². The van der Waals surface area contributed by atoms with E-state index in [1.807, 2.05) is 32.3 Å². The van der Waals surface area contributed by atoms with Gasteiger partial charge in [0, 0.05) is 11.5 Å². The molecule has 4 nitrogen and oxygen atoms in total. The van der Waals surface area contributed by atoms with Crippen LogP contribution in [0, 0.1) is 0 Å². The van der Waals surface area contributed by atoms with Gasteiger partial charge in [0.2, 0.25) is 0 Å². The number of hydrogen-bond donors (Lipinski definition) is 1. The van der Waals surface area contributed by atoms with Crippen LogP contribution in [-0.2, 0) is 7.05 Å². The Hall–Kier alpha value is -0.910. The van der Waals surface area contributed by atoms with Gasteiger partial charge in [-0.25, -0.2) is 0 Å². The molecule has 1 N–H and O–H groups in total. The molecule has 1 unspecified atom stereocenters. The highest BCUT2D eigenvalue weighted by molar-refractivity contribution is 9.10. The first-order valence-corrected chi connectivity index (χ1v) is 6.27. The molecule has 0 saturated carbocycles. The number of nitrogens with one attached hydrogen (secondary N) is 1. The number of rotatable bonds is 3. The fourth-order valence-corrected chi connectivity index (χ4v) is 2.17. The molecule has 1 aromatic heterocycles. The van der Waals surface area contributed by atoms with Gasteiger partial charge in [-0.3, -0.25) is 4.68 Å². The van der Waals surface area contributed by atoms with E-state index in [1.54, 1.807) is 10.9 Å². The zero-order valence-electron chi connectivity index (χ0n) is 9.48. The summed E-state index contributed by atoms with van der Waals surface area (Å²) < 4.78 is 2.64. The van der Waals surface area contributed by atoms with Gasteiger partial charge in [-0.15, -0.1) is 5.10 Å². The van der Waals surface area contributed by atoms with Crippen LogP contribution < -0.4 is 5.32 Å². The Morgan fingerprint density at radius 2 is 2.24 bits per heavy atom. The third kappa shape index (κ3) is 2.51. The molecule has 1 atom stereocenters. The molecule has 0 radical (unpaired) electrons. The summed E-state index contributed by atoms with van der Waals surface area (Å²) >= 11 is 9.48. The van der Waals surface area contributed by atoms with Crippen LogP contribution in [-0.4, -0.2) is 22.0 Å². The van der Waals surface area contributed by atoms with E-state index >= 15 is 0 Å². The SMILES string of the molecule is CNC(c1ccc(Br)c(Cl)c1)c1cnnn1C. The van der Waals surface area contributed by atoms with Crippen LogP contribution in [0.3, 0.4) is 0 Å². The van der Waals surface area contributed by atoms with Gasteiger partial charge in [0.25, 0.3) is 0 Å². The van der Waals surface area contributed by atoms with Gasteiger partial charge >= 0.3 is 0 Å². The van der Waals surface area contributed by atoms with Crippen molar-refractivity contribution in [1.82, 2.24) is 20.3 Å². The van der Waals surface area contributed by atoms with Gasteiger partial charge in [0.15, 0.2) is 0 Å². The number of nitrogens with zero attached hydrogens (tertiary/aromatic N) is 3. The highest BCUT2D eigenvalue weighted by Crippen LogP contribution is 2.28. The second kappa shape index (κ2) is 5.16. The zero-order valence-corrected chi connectivity index (χ0v) is 11.8. The zero-order chi connectivity index (χ0) is 12.4. The van der Waals surface area contributed by atoms with E-state index in [9.17, 15) is 0 Å². The normalized spacial score (nSPS) is 12.7. The molecular weight excluding hydrogens is 304 g/mol. The lowest BCUT2D eigenvalue weighted by Gasteiger charge is -2.16. The molecule has 17 heavy (non-hydrogen) atoms. The van der Waals surface area contributed by atoms with Crippen molar-refractivity contribution >= 4 is 27.5 Å². The molecule has 0 spiro atoms. The predicted molar refractivity (Wildman–Crippen MR) is 71.1 cm³/mol. The lowest BCUT2D eigenvalue weighted by molar-refractivity contribution is 0.598. The van der Waals surface area contributed by atoms with Crippen molar-refractivity contribution in [2.75, 3.05) is 7.05 Å². The first kappa shape index (κ1) is 12.5. The highest BCUT2D eigenvalue weighted by atomic mass is 79.9. The average molecular weight is 316 g/mol. The number of hydrogen-bond acceptors (Lipinski definition) is 3. The van der Waals surface area contributed by atoms with E-state index < -0.39 is 0 Å². The Morgan fingerprint density at radius 1 is 1.47 bits per heavy atom. The molecule has 0 saturated heterocycles. The van der Waals surface area contributed by atoms with E-state index in [0.29, 0.717) is 5.02 Å². The lowest BCUT2D eigenvalue weighted by Crippen LogP contribution is -2.20. The average Bonchev–Trinajstić information content (AvgIpc) is 2.71. The summed E-state index contributed by atoms with van der Waals surface area (Å²) in [5.74, 6) is 0. The van der Waals surface area contributed by atoms with Crippen LogP contribution in [0.4, 0.5) is 0 Å². The van der Waals surface area contributed by atoms with Crippen molar-refractivity contribution in [3.63, 3.8) is 0 Å². The predicted octanol–water partition coefficient (Wildman–Crippen LogP) is 2.54. The second-order valence-electron chi connectivity index (χ2n) is 3.68. The Labute approximate surface area is 113 Å². The molecule has 0 fully saturated rings. The van der Waals surface area contributed by atoms with Gasteiger partial charge in [0.1, 0.15) is 0 Å². The van der Waals surface area contributed by atoms with Crippen LogP contribution in [0.1, 0.15) is 17.3 Å². The Balaban J connectivity index is 2.42. The fourth-order valence-electron chi connectivity index (χ4n) is 1.74. The third-order valence-corrected chi connectivity index (χ3v) is 3.84. The van der Waals surface area contributed by atoms with Crippen molar-refractivity contribution < 1.29 is 0 Å². The molecule has 0 amide bonds. The molecule has 0 aliphatic heterocycles. The molecule has 2 aromatic rings. The highest BCUT2D eigenvalue weighted by Gasteiger charge is 2.16. The Bertz CT molecular complexity index is 526. The van der Waals surface area contributed by atoms with Crippen molar-refractivity contribution in [2.45, 2.75) is 6.04 Å². The molecule has 90 valence electrons. The van der Waals surface area contributed by atoms with Gasteiger partial charge in [-0.1, -0.05) is 22.9 Å². The molecule has 0 bridgehead atoms. The minimum absolute atomic E-state index is 0.0283.